The van der Waals surface area contributed by atoms with Crippen LogP contribution in [0.25, 0.3) is 11.0 Å². The first-order chi connectivity index (χ1) is 11.1. The van der Waals surface area contributed by atoms with Crippen LogP contribution in [-0.4, -0.2) is 21.6 Å². The third kappa shape index (κ3) is 3.52. The molecule has 1 heterocycles. The Bertz CT molecular complexity index is 792. The van der Waals surface area contributed by atoms with E-state index in [1.54, 1.807) is 0 Å². The predicted octanol–water partition coefficient (Wildman–Crippen LogP) is 4.33. The number of hydrogen-bond donors (Lipinski definition) is 0. The van der Waals surface area contributed by atoms with Crippen LogP contribution in [-0.2, 0) is 6.54 Å². The molecule has 0 spiro atoms. The van der Waals surface area contributed by atoms with E-state index in [0.29, 0.717) is 12.5 Å². The second-order valence-electron chi connectivity index (χ2n) is 6.20. The molecule has 0 fully saturated rings. The zero-order valence-electron chi connectivity index (χ0n) is 14.0. The highest BCUT2D eigenvalue weighted by Crippen LogP contribution is 2.27. The highest BCUT2D eigenvalue weighted by Gasteiger charge is 2.08. The minimum Gasteiger partial charge on any atom is -0.493 e. The summed E-state index contributed by atoms with van der Waals surface area (Å²) in [7, 11) is 0. The molecule has 120 valence electrons. The van der Waals surface area contributed by atoms with Gasteiger partial charge in [-0.25, -0.2) is 4.68 Å². The number of fused-ring (bicyclic) bond motifs is 1. The molecule has 1 aromatic heterocycles. The van der Waals surface area contributed by atoms with Crippen LogP contribution < -0.4 is 4.74 Å². The maximum Gasteiger partial charge on any atom is 0.123 e. The molecule has 0 saturated carbocycles. The average Bonchev–Trinajstić information content (AvgIpc) is 2.94. The van der Waals surface area contributed by atoms with Crippen molar-refractivity contribution in [1.82, 2.24) is 15.0 Å². The fourth-order valence-electron chi connectivity index (χ4n) is 2.72. The number of nitrogens with zero attached hydrogens (tertiary/aromatic N) is 3. The van der Waals surface area contributed by atoms with E-state index in [4.69, 9.17) is 4.74 Å². The van der Waals surface area contributed by atoms with Crippen LogP contribution in [0.4, 0.5) is 0 Å². The van der Waals surface area contributed by atoms with E-state index in [1.807, 2.05) is 28.9 Å². The van der Waals surface area contributed by atoms with E-state index in [0.717, 1.165) is 29.7 Å². The zero-order valence-corrected chi connectivity index (χ0v) is 14.0. The minimum atomic E-state index is 0.463. The third-order valence-corrected chi connectivity index (χ3v) is 3.98. The largest absolute Gasteiger partial charge is 0.493 e. The van der Waals surface area contributed by atoms with Crippen LogP contribution in [0.2, 0.25) is 0 Å². The standard InChI is InChI=1S/C19H23N3O/c1-14(2)16-10-9-15(3)13-19(16)23-12-6-11-22-18-8-5-4-7-17(18)20-21-22/h4-5,7-10,13-14H,6,11-12H2,1-3H3. The van der Waals surface area contributed by atoms with Crippen molar-refractivity contribution >= 4 is 11.0 Å². The predicted molar refractivity (Wildman–Crippen MR) is 92.9 cm³/mol. The summed E-state index contributed by atoms with van der Waals surface area (Å²) in [6.45, 7) is 7.97. The lowest BCUT2D eigenvalue weighted by atomic mass is 10.0. The first-order valence-corrected chi connectivity index (χ1v) is 8.17. The van der Waals surface area contributed by atoms with Gasteiger partial charge in [0.25, 0.3) is 0 Å². The summed E-state index contributed by atoms with van der Waals surface area (Å²) >= 11 is 0. The molecule has 0 amide bonds. The fraction of sp³-hybridized carbons (Fsp3) is 0.368. The van der Waals surface area contributed by atoms with Gasteiger partial charge < -0.3 is 4.74 Å². The Morgan fingerprint density at radius 1 is 1.13 bits per heavy atom. The Morgan fingerprint density at radius 3 is 2.78 bits per heavy atom. The van der Waals surface area contributed by atoms with Crippen LogP contribution >= 0.6 is 0 Å². The van der Waals surface area contributed by atoms with Gasteiger partial charge in [0, 0.05) is 13.0 Å². The van der Waals surface area contributed by atoms with Gasteiger partial charge >= 0.3 is 0 Å². The Hall–Kier alpha value is -2.36. The van der Waals surface area contributed by atoms with Gasteiger partial charge in [0.15, 0.2) is 0 Å². The Balaban J connectivity index is 1.61. The molecule has 0 atom stereocenters. The van der Waals surface area contributed by atoms with Crippen LogP contribution in [0.1, 0.15) is 37.3 Å². The topological polar surface area (TPSA) is 39.9 Å². The molecule has 0 aliphatic carbocycles. The van der Waals surface area contributed by atoms with Crippen molar-refractivity contribution in [3.8, 4) is 5.75 Å². The summed E-state index contributed by atoms with van der Waals surface area (Å²) in [6, 6.07) is 14.5. The molecular weight excluding hydrogens is 286 g/mol. The van der Waals surface area contributed by atoms with Crippen LogP contribution in [0.5, 0.6) is 5.75 Å². The van der Waals surface area contributed by atoms with E-state index in [1.165, 1.54) is 11.1 Å². The summed E-state index contributed by atoms with van der Waals surface area (Å²) in [5.74, 6) is 1.47. The first kappa shape index (κ1) is 15.5. The fourth-order valence-corrected chi connectivity index (χ4v) is 2.72. The van der Waals surface area contributed by atoms with E-state index < -0.39 is 0 Å². The number of rotatable bonds is 6. The Kier molecular flexibility index (Phi) is 4.60. The Morgan fingerprint density at radius 2 is 1.96 bits per heavy atom. The van der Waals surface area contributed by atoms with Crippen LogP contribution in [0, 0.1) is 6.92 Å². The summed E-state index contributed by atoms with van der Waals surface area (Å²) in [5, 5.41) is 8.39. The van der Waals surface area contributed by atoms with Crippen molar-refractivity contribution in [1.29, 1.82) is 0 Å². The summed E-state index contributed by atoms with van der Waals surface area (Å²) in [6.07, 6.45) is 0.902. The molecule has 4 heteroatoms. The van der Waals surface area contributed by atoms with Crippen LogP contribution in [0.3, 0.4) is 0 Å². The van der Waals surface area contributed by atoms with Crippen molar-refractivity contribution in [3.63, 3.8) is 0 Å². The van der Waals surface area contributed by atoms with Crippen molar-refractivity contribution in [3.05, 3.63) is 53.6 Å². The lowest BCUT2D eigenvalue weighted by Gasteiger charge is -2.15. The highest BCUT2D eigenvalue weighted by molar-refractivity contribution is 5.73. The molecule has 0 aliphatic rings. The zero-order chi connectivity index (χ0) is 16.2. The molecule has 4 nitrogen and oxygen atoms in total. The van der Waals surface area contributed by atoms with E-state index in [9.17, 15) is 0 Å². The summed E-state index contributed by atoms with van der Waals surface area (Å²) < 4.78 is 7.97. The number of hydrogen-bond acceptors (Lipinski definition) is 3. The van der Waals surface area contributed by atoms with Gasteiger partial charge in [0.05, 0.1) is 12.1 Å². The second kappa shape index (κ2) is 6.82. The maximum atomic E-state index is 6.03. The van der Waals surface area contributed by atoms with Gasteiger partial charge in [0.1, 0.15) is 11.3 Å². The first-order valence-electron chi connectivity index (χ1n) is 8.17. The number of benzene rings is 2. The Labute approximate surface area is 137 Å². The summed E-state index contributed by atoms with van der Waals surface area (Å²) in [4.78, 5) is 0. The molecule has 2 aromatic carbocycles. The van der Waals surface area contributed by atoms with Crippen molar-refractivity contribution in [2.45, 2.75) is 39.7 Å². The second-order valence-corrected chi connectivity index (χ2v) is 6.20. The monoisotopic (exact) mass is 309 g/mol. The van der Waals surface area contributed by atoms with E-state index >= 15 is 0 Å². The minimum absolute atomic E-state index is 0.463. The molecule has 3 rings (SSSR count). The van der Waals surface area contributed by atoms with Crippen LogP contribution in [0.15, 0.2) is 42.5 Å². The molecule has 0 bridgehead atoms. The van der Waals surface area contributed by atoms with E-state index in [-0.39, 0.29) is 0 Å². The maximum absolute atomic E-state index is 6.03. The molecule has 23 heavy (non-hydrogen) atoms. The lowest BCUT2D eigenvalue weighted by molar-refractivity contribution is 0.295. The SMILES string of the molecule is Cc1ccc(C(C)C)c(OCCCn2nnc3ccccc32)c1. The van der Waals surface area contributed by atoms with Crippen molar-refractivity contribution < 1.29 is 4.74 Å². The van der Waals surface area contributed by atoms with Gasteiger partial charge in [-0.3, -0.25) is 0 Å². The van der Waals surface area contributed by atoms with E-state index in [2.05, 4.69) is 49.3 Å². The van der Waals surface area contributed by atoms with Crippen molar-refractivity contribution in [2.75, 3.05) is 6.61 Å². The lowest BCUT2D eigenvalue weighted by Crippen LogP contribution is -2.07. The molecule has 0 radical (unpaired) electrons. The number of para-hydroxylation sites is 1. The number of aromatic nitrogens is 3. The quantitative estimate of drug-likeness (QED) is 0.636. The molecule has 0 N–H and O–H groups in total. The number of aryl methyl sites for hydroxylation is 2. The van der Waals surface area contributed by atoms with Gasteiger partial charge in [0.2, 0.25) is 0 Å². The molecule has 3 aromatic rings. The molecule has 0 saturated heterocycles. The van der Waals surface area contributed by atoms with Gasteiger partial charge in [-0.05, 0) is 42.2 Å². The van der Waals surface area contributed by atoms with Crippen molar-refractivity contribution in [2.24, 2.45) is 0 Å². The van der Waals surface area contributed by atoms with Gasteiger partial charge in [-0.2, -0.15) is 0 Å². The third-order valence-electron chi connectivity index (χ3n) is 3.98. The molecule has 0 unspecified atom stereocenters. The smallest absolute Gasteiger partial charge is 0.123 e. The van der Waals surface area contributed by atoms with Gasteiger partial charge in [-0.1, -0.05) is 43.3 Å². The summed E-state index contributed by atoms with van der Waals surface area (Å²) in [5.41, 5.74) is 4.51. The number of ether oxygens (including phenoxy) is 1. The average molecular weight is 309 g/mol. The van der Waals surface area contributed by atoms with Gasteiger partial charge in [-0.15, -0.1) is 5.10 Å². The molecule has 0 aliphatic heterocycles. The molecular formula is C19H23N3O. The highest BCUT2D eigenvalue weighted by atomic mass is 16.5. The normalized spacial score (nSPS) is 11.3.